The molecule has 4 nitrogen and oxygen atoms in total. The Labute approximate surface area is 104 Å². The lowest BCUT2D eigenvalue weighted by Crippen LogP contribution is -2.41. The first-order chi connectivity index (χ1) is 8.03. The minimum Gasteiger partial charge on any atom is -0.388 e. The summed E-state index contributed by atoms with van der Waals surface area (Å²) in [5.41, 5.74) is -0.766. The average Bonchev–Trinajstić information content (AvgIpc) is 2.76. The molecule has 0 bridgehead atoms. The van der Waals surface area contributed by atoms with Gasteiger partial charge in [-0.3, -0.25) is 4.79 Å². The number of hydrogen-bond acceptors (Lipinski definition) is 3. The van der Waals surface area contributed by atoms with Gasteiger partial charge in [0, 0.05) is 19.5 Å². The average molecular weight is 242 g/mol. The van der Waals surface area contributed by atoms with Crippen LogP contribution >= 0.6 is 0 Å². The lowest BCUT2D eigenvalue weighted by atomic mass is 10.0. The Morgan fingerprint density at radius 2 is 2.06 bits per heavy atom. The van der Waals surface area contributed by atoms with Gasteiger partial charge in [0.05, 0.1) is 5.60 Å². The lowest BCUT2D eigenvalue weighted by molar-refractivity contribution is -0.122. The molecular weight excluding hydrogens is 216 g/mol. The minimum atomic E-state index is -0.766. The molecule has 0 aromatic carbocycles. The number of carbonyl (C=O) groups excluding carboxylic acids is 1. The third-order valence-corrected chi connectivity index (χ3v) is 3.31. The first-order valence-electron chi connectivity index (χ1n) is 6.75. The van der Waals surface area contributed by atoms with E-state index in [1.165, 1.54) is 12.8 Å². The first-order valence-corrected chi connectivity index (χ1v) is 6.75. The Balaban J connectivity index is 2.11. The number of hydrogen-bond donors (Lipinski definition) is 2. The molecule has 1 rings (SSSR count). The Bertz CT molecular complexity index is 236. The third kappa shape index (κ3) is 6.03. The standard InChI is InChI=1S/C13H26N2O2/c1-3-7-13(2,17)11-14-12(16)6-10-15-8-4-5-9-15/h17H,3-11H2,1-2H3,(H,14,16). The van der Waals surface area contributed by atoms with Crippen LogP contribution in [0.3, 0.4) is 0 Å². The van der Waals surface area contributed by atoms with Crippen LogP contribution in [0.1, 0.15) is 46.0 Å². The molecule has 0 saturated carbocycles. The van der Waals surface area contributed by atoms with E-state index >= 15 is 0 Å². The topological polar surface area (TPSA) is 52.6 Å². The van der Waals surface area contributed by atoms with Crippen LogP contribution in [0.15, 0.2) is 0 Å². The van der Waals surface area contributed by atoms with Gasteiger partial charge < -0.3 is 15.3 Å². The number of amides is 1. The summed E-state index contributed by atoms with van der Waals surface area (Å²) in [6.07, 6.45) is 4.71. The van der Waals surface area contributed by atoms with Crippen LogP contribution in [0, 0.1) is 0 Å². The van der Waals surface area contributed by atoms with Crippen LogP contribution in [0.25, 0.3) is 0 Å². The van der Waals surface area contributed by atoms with Crippen LogP contribution in [0.4, 0.5) is 0 Å². The van der Waals surface area contributed by atoms with Crippen molar-refractivity contribution >= 4 is 5.91 Å². The summed E-state index contributed by atoms with van der Waals surface area (Å²) in [4.78, 5) is 13.9. The van der Waals surface area contributed by atoms with Crippen molar-refractivity contribution in [2.75, 3.05) is 26.2 Å². The van der Waals surface area contributed by atoms with Gasteiger partial charge in [-0.15, -0.1) is 0 Å². The highest BCUT2D eigenvalue weighted by atomic mass is 16.3. The highest BCUT2D eigenvalue weighted by Crippen LogP contribution is 2.10. The minimum absolute atomic E-state index is 0.0493. The van der Waals surface area contributed by atoms with E-state index in [-0.39, 0.29) is 5.91 Å². The van der Waals surface area contributed by atoms with Gasteiger partial charge in [0.15, 0.2) is 0 Å². The van der Waals surface area contributed by atoms with E-state index in [9.17, 15) is 9.90 Å². The molecule has 0 aromatic heterocycles. The lowest BCUT2D eigenvalue weighted by Gasteiger charge is -2.23. The SMILES string of the molecule is CCCC(C)(O)CNC(=O)CCN1CCCC1. The molecule has 17 heavy (non-hydrogen) atoms. The fraction of sp³-hybridized carbons (Fsp3) is 0.923. The van der Waals surface area contributed by atoms with Crippen molar-refractivity contribution in [2.24, 2.45) is 0 Å². The largest absolute Gasteiger partial charge is 0.388 e. The van der Waals surface area contributed by atoms with Gasteiger partial charge >= 0.3 is 0 Å². The van der Waals surface area contributed by atoms with Crippen LogP contribution < -0.4 is 5.32 Å². The fourth-order valence-corrected chi connectivity index (χ4v) is 2.27. The van der Waals surface area contributed by atoms with Crippen LogP contribution in [0.2, 0.25) is 0 Å². The Morgan fingerprint density at radius 3 is 2.65 bits per heavy atom. The summed E-state index contributed by atoms with van der Waals surface area (Å²) in [5, 5.41) is 12.7. The molecule has 0 aromatic rings. The number of aliphatic hydroxyl groups is 1. The summed E-state index contributed by atoms with van der Waals surface area (Å²) < 4.78 is 0. The maximum absolute atomic E-state index is 11.6. The highest BCUT2D eigenvalue weighted by molar-refractivity contribution is 5.76. The number of likely N-dealkylation sites (tertiary alicyclic amines) is 1. The first kappa shape index (κ1) is 14.5. The number of nitrogens with zero attached hydrogens (tertiary/aromatic N) is 1. The van der Waals surface area contributed by atoms with Crippen LogP contribution in [0.5, 0.6) is 0 Å². The molecule has 2 N–H and O–H groups in total. The van der Waals surface area contributed by atoms with Crippen LogP contribution in [-0.4, -0.2) is 47.7 Å². The monoisotopic (exact) mass is 242 g/mol. The van der Waals surface area contributed by atoms with E-state index in [1.54, 1.807) is 6.92 Å². The maximum atomic E-state index is 11.6. The molecule has 0 spiro atoms. The number of nitrogens with one attached hydrogen (secondary N) is 1. The predicted octanol–water partition coefficient (Wildman–Crippen LogP) is 1.14. The molecule has 1 aliphatic heterocycles. The summed E-state index contributed by atoms with van der Waals surface area (Å²) in [6, 6.07) is 0. The zero-order valence-electron chi connectivity index (χ0n) is 11.2. The third-order valence-electron chi connectivity index (χ3n) is 3.31. The Hall–Kier alpha value is -0.610. The van der Waals surface area contributed by atoms with Gasteiger partial charge in [-0.1, -0.05) is 13.3 Å². The van der Waals surface area contributed by atoms with E-state index in [4.69, 9.17) is 0 Å². The molecular formula is C13H26N2O2. The van der Waals surface area contributed by atoms with Crippen LogP contribution in [-0.2, 0) is 4.79 Å². The van der Waals surface area contributed by atoms with E-state index < -0.39 is 5.60 Å². The van der Waals surface area contributed by atoms with Crippen molar-refractivity contribution < 1.29 is 9.90 Å². The van der Waals surface area contributed by atoms with Gasteiger partial charge in [0.1, 0.15) is 0 Å². The zero-order chi connectivity index (χ0) is 12.7. The molecule has 1 heterocycles. The van der Waals surface area contributed by atoms with Crippen molar-refractivity contribution in [2.45, 2.75) is 51.6 Å². The fourth-order valence-electron chi connectivity index (χ4n) is 2.27. The normalized spacial score (nSPS) is 20.2. The van der Waals surface area contributed by atoms with Gasteiger partial charge in [-0.05, 0) is 39.3 Å². The second kappa shape index (κ2) is 6.97. The number of rotatable bonds is 7. The molecule has 1 aliphatic rings. The molecule has 1 saturated heterocycles. The summed E-state index contributed by atoms with van der Waals surface area (Å²) in [5.74, 6) is 0.0493. The Kier molecular flexibility index (Phi) is 5.92. The van der Waals surface area contributed by atoms with E-state index in [0.29, 0.717) is 13.0 Å². The molecule has 100 valence electrons. The predicted molar refractivity (Wildman–Crippen MR) is 68.8 cm³/mol. The van der Waals surface area contributed by atoms with E-state index in [2.05, 4.69) is 10.2 Å². The van der Waals surface area contributed by atoms with Gasteiger partial charge in [0.25, 0.3) is 0 Å². The smallest absolute Gasteiger partial charge is 0.221 e. The Morgan fingerprint density at radius 1 is 1.41 bits per heavy atom. The van der Waals surface area contributed by atoms with Gasteiger partial charge in [-0.2, -0.15) is 0 Å². The second-order valence-electron chi connectivity index (χ2n) is 5.32. The quantitative estimate of drug-likeness (QED) is 0.704. The van der Waals surface area contributed by atoms with Gasteiger partial charge in [0.2, 0.25) is 5.91 Å². The van der Waals surface area contributed by atoms with Crippen molar-refractivity contribution in [1.29, 1.82) is 0 Å². The van der Waals surface area contributed by atoms with Crippen molar-refractivity contribution in [3.8, 4) is 0 Å². The molecule has 1 amide bonds. The highest BCUT2D eigenvalue weighted by Gasteiger charge is 2.20. The second-order valence-corrected chi connectivity index (χ2v) is 5.32. The molecule has 1 unspecified atom stereocenters. The summed E-state index contributed by atoms with van der Waals surface area (Å²) in [7, 11) is 0. The molecule has 0 radical (unpaired) electrons. The van der Waals surface area contributed by atoms with E-state index in [1.807, 2.05) is 6.92 Å². The van der Waals surface area contributed by atoms with Crippen molar-refractivity contribution in [1.82, 2.24) is 10.2 Å². The van der Waals surface area contributed by atoms with Gasteiger partial charge in [-0.25, -0.2) is 0 Å². The summed E-state index contributed by atoms with van der Waals surface area (Å²) in [6.45, 7) is 7.27. The molecule has 1 fully saturated rings. The molecule has 1 atom stereocenters. The van der Waals surface area contributed by atoms with Crippen molar-refractivity contribution in [3.05, 3.63) is 0 Å². The molecule has 0 aliphatic carbocycles. The van der Waals surface area contributed by atoms with E-state index in [0.717, 1.165) is 32.5 Å². The molecule has 4 heteroatoms. The maximum Gasteiger partial charge on any atom is 0.221 e. The number of carbonyl (C=O) groups is 1. The zero-order valence-corrected chi connectivity index (χ0v) is 11.2. The summed E-state index contributed by atoms with van der Waals surface area (Å²) >= 11 is 0. The van der Waals surface area contributed by atoms with Crippen molar-refractivity contribution in [3.63, 3.8) is 0 Å².